The molecule has 28 heavy (non-hydrogen) atoms. The molecule has 1 N–H and O–H groups in total. The highest BCUT2D eigenvalue weighted by Gasteiger charge is 2.12. The van der Waals surface area contributed by atoms with Crippen molar-refractivity contribution in [3.05, 3.63) is 59.8 Å². The fourth-order valence-electron chi connectivity index (χ4n) is 3.66. The summed E-state index contributed by atoms with van der Waals surface area (Å²) in [5, 5.41) is 8.47. The largest absolute Gasteiger partial charge is 0.356 e. The lowest BCUT2D eigenvalue weighted by molar-refractivity contribution is -0.121. The van der Waals surface area contributed by atoms with Crippen LogP contribution in [0.2, 0.25) is 0 Å². The standard InChI is InChI=1S/C21H24N6O/c1-15-18(16(2)27-21(25-15)23-14-24-27)8-9-20(28)22-11-5-12-26-13-10-17-6-3-4-7-19(17)26/h3-4,6-7,10,13-14H,5,8-9,11-12H2,1-2H3,(H,22,28). The first-order valence-corrected chi connectivity index (χ1v) is 9.60. The summed E-state index contributed by atoms with van der Waals surface area (Å²) >= 11 is 0. The van der Waals surface area contributed by atoms with Gasteiger partial charge in [0.15, 0.2) is 0 Å². The number of hydrogen-bond donors (Lipinski definition) is 1. The Labute approximate surface area is 163 Å². The highest BCUT2D eigenvalue weighted by molar-refractivity contribution is 5.79. The third-order valence-electron chi connectivity index (χ3n) is 5.17. The monoisotopic (exact) mass is 376 g/mol. The molecule has 0 saturated heterocycles. The van der Waals surface area contributed by atoms with Gasteiger partial charge in [0, 0.05) is 42.6 Å². The number of nitrogens with one attached hydrogen (secondary N) is 1. The zero-order valence-corrected chi connectivity index (χ0v) is 16.2. The first-order chi connectivity index (χ1) is 13.6. The van der Waals surface area contributed by atoms with Gasteiger partial charge in [-0.1, -0.05) is 18.2 Å². The van der Waals surface area contributed by atoms with Crippen LogP contribution in [0.5, 0.6) is 0 Å². The molecule has 0 spiro atoms. The number of hydrogen-bond acceptors (Lipinski definition) is 4. The molecule has 4 rings (SSSR count). The van der Waals surface area contributed by atoms with Crippen LogP contribution in [0.3, 0.4) is 0 Å². The summed E-state index contributed by atoms with van der Waals surface area (Å²) in [6.07, 6.45) is 5.59. The molecule has 7 heteroatoms. The van der Waals surface area contributed by atoms with Crippen LogP contribution in [0.1, 0.15) is 29.8 Å². The van der Waals surface area contributed by atoms with Gasteiger partial charge in [-0.25, -0.2) is 9.50 Å². The van der Waals surface area contributed by atoms with Crippen molar-refractivity contribution in [2.75, 3.05) is 6.54 Å². The second-order valence-corrected chi connectivity index (χ2v) is 7.00. The fraction of sp³-hybridized carbons (Fsp3) is 0.333. The lowest BCUT2D eigenvalue weighted by Crippen LogP contribution is -2.25. The van der Waals surface area contributed by atoms with E-state index in [1.54, 1.807) is 4.52 Å². The van der Waals surface area contributed by atoms with Gasteiger partial charge < -0.3 is 9.88 Å². The third-order valence-corrected chi connectivity index (χ3v) is 5.17. The molecule has 0 aliphatic rings. The number of nitrogens with zero attached hydrogens (tertiary/aromatic N) is 5. The van der Waals surface area contributed by atoms with E-state index < -0.39 is 0 Å². The Hall–Kier alpha value is -3.22. The smallest absolute Gasteiger partial charge is 0.252 e. The van der Waals surface area contributed by atoms with Crippen molar-refractivity contribution >= 4 is 22.6 Å². The van der Waals surface area contributed by atoms with Crippen LogP contribution in [-0.4, -0.2) is 36.6 Å². The summed E-state index contributed by atoms with van der Waals surface area (Å²) in [5.41, 5.74) is 4.19. The van der Waals surface area contributed by atoms with E-state index in [1.807, 2.05) is 19.9 Å². The lowest BCUT2D eigenvalue weighted by atomic mass is 10.1. The van der Waals surface area contributed by atoms with Crippen molar-refractivity contribution < 1.29 is 4.79 Å². The summed E-state index contributed by atoms with van der Waals surface area (Å²) in [6, 6.07) is 10.5. The van der Waals surface area contributed by atoms with E-state index in [1.165, 1.54) is 17.2 Å². The summed E-state index contributed by atoms with van der Waals surface area (Å²) in [6.45, 7) is 5.50. The Morgan fingerprint density at radius 2 is 2.04 bits per heavy atom. The van der Waals surface area contributed by atoms with Gasteiger partial charge in [-0.3, -0.25) is 4.79 Å². The van der Waals surface area contributed by atoms with Crippen molar-refractivity contribution in [3.63, 3.8) is 0 Å². The maximum absolute atomic E-state index is 12.3. The summed E-state index contributed by atoms with van der Waals surface area (Å²) in [4.78, 5) is 20.8. The number of amides is 1. The number of aryl methyl sites for hydroxylation is 3. The van der Waals surface area contributed by atoms with E-state index in [2.05, 4.69) is 55.4 Å². The molecule has 0 atom stereocenters. The zero-order valence-electron chi connectivity index (χ0n) is 16.2. The molecule has 0 unspecified atom stereocenters. The minimum atomic E-state index is 0.0647. The van der Waals surface area contributed by atoms with Crippen LogP contribution in [0.25, 0.3) is 16.7 Å². The Morgan fingerprint density at radius 1 is 1.18 bits per heavy atom. The highest BCUT2D eigenvalue weighted by Crippen LogP contribution is 2.16. The number of benzene rings is 1. The average Bonchev–Trinajstić information content (AvgIpc) is 3.32. The van der Waals surface area contributed by atoms with E-state index in [0.29, 0.717) is 25.2 Å². The maximum Gasteiger partial charge on any atom is 0.252 e. The van der Waals surface area contributed by atoms with Gasteiger partial charge in [-0.05, 0) is 49.8 Å². The number of carbonyl (C=O) groups excluding carboxylic acids is 1. The van der Waals surface area contributed by atoms with Gasteiger partial charge in [0.1, 0.15) is 6.33 Å². The Morgan fingerprint density at radius 3 is 2.93 bits per heavy atom. The Balaban J connectivity index is 1.27. The molecule has 3 aromatic heterocycles. The minimum Gasteiger partial charge on any atom is -0.356 e. The molecule has 7 nitrogen and oxygen atoms in total. The molecule has 0 bridgehead atoms. The molecule has 0 aliphatic heterocycles. The van der Waals surface area contributed by atoms with Crippen LogP contribution in [0.4, 0.5) is 0 Å². The van der Waals surface area contributed by atoms with Crippen LogP contribution in [-0.2, 0) is 17.8 Å². The summed E-state index contributed by atoms with van der Waals surface area (Å²) in [7, 11) is 0. The van der Waals surface area contributed by atoms with Gasteiger partial charge in [0.25, 0.3) is 5.78 Å². The molecule has 4 aromatic rings. The third kappa shape index (κ3) is 3.60. The van der Waals surface area contributed by atoms with E-state index in [0.717, 1.165) is 29.9 Å². The quantitative estimate of drug-likeness (QED) is 0.503. The van der Waals surface area contributed by atoms with E-state index >= 15 is 0 Å². The maximum atomic E-state index is 12.3. The molecule has 144 valence electrons. The number of carbonyl (C=O) groups is 1. The first kappa shape index (κ1) is 18.2. The van der Waals surface area contributed by atoms with Crippen molar-refractivity contribution in [1.29, 1.82) is 0 Å². The molecule has 0 saturated carbocycles. The number of para-hydroxylation sites is 1. The number of fused-ring (bicyclic) bond motifs is 2. The van der Waals surface area contributed by atoms with Crippen LogP contribution in [0.15, 0.2) is 42.9 Å². The molecule has 0 radical (unpaired) electrons. The predicted octanol–water partition coefficient (Wildman–Crippen LogP) is 2.83. The Kier molecular flexibility index (Phi) is 5.06. The molecule has 1 aromatic carbocycles. The number of rotatable bonds is 7. The highest BCUT2D eigenvalue weighted by atomic mass is 16.1. The van der Waals surface area contributed by atoms with E-state index in [4.69, 9.17) is 0 Å². The molecule has 3 heterocycles. The van der Waals surface area contributed by atoms with Gasteiger partial charge in [-0.15, -0.1) is 0 Å². The first-order valence-electron chi connectivity index (χ1n) is 9.60. The SMILES string of the molecule is Cc1nc2ncnn2c(C)c1CCC(=O)NCCCn1ccc2ccccc21. The van der Waals surface area contributed by atoms with Crippen molar-refractivity contribution in [3.8, 4) is 0 Å². The summed E-state index contributed by atoms with van der Waals surface area (Å²) in [5.74, 6) is 0.663. The van der Waals surface area contributed by atoms with Crippen LogP contribution >= 0.6 is 0 Å². The zero-order chi connectivity index (χ0) is 19.5. The van der Waals surface area contributed by atoms with Gasteiger partial charge in [-0.2, -0.15) is 10.1 Å². The molecular formula is C21H24N6O. The minimum absolute atomic E-state index is 0.0647. The van der Waals surface area contributed by atoms with Crippen LogP contribution < -0.4 is 5.32 Å². The second-order valence-electron chi connectivity index (χ2n) is 7.00. The van der Waals surface area contributed by atoms with Crippen LogP contribution in [0, 0.1) is 13.8 Å². The van der Waals surface area contributed by atoms with E-state index in [9.17, 15) is 4.79 Å². The normalized spacial score (nSPS) is 11.4. The van der Waals surface area contributed by atoms with Crippen molar-refractivity contribution in [2.24, 2.45) is 0 Å². The van der Waals surface area contributed by atoms with Gasteiger partial charge >= 0.3 is 0 Å². The Bertz CT molecular complexity index is 1130. The number of aromatic nitrogens is 5. The predicted molar refractivity (Wildman–Crippen MR) is 108 cm³/mol. The average molecular weight is 376 g/mol. The second kappa shape index (κ2) is 7.80. The van der Waals surface area contributed by atoms with E-state index in [-0.39, 0.29) is 5.91 Å². The molecule has 1 amide bonds. The van der Waals surface area contributed by atoms with Gasteiger partial charge in [0.05, 0.1) is 0 Å². The molecule has 0 fully saturated rings. The van der Waals surface area contributed by atoms with Gasteiger partial charge in [0.2, 0.25) is 5.91 Å². The summed E-state index contributed by atoms with van der Waals surface area (Å²) < 4.78 is 3.95. The molecular weight excluding hydrogens is 352 g/mol. The fourth-order valence-corrected chi connectivity index (χ4v) is 3.66. The van der Waals surface area contributed by atoms with Crippen molar-refractivity contribution in [1.82, 2.24) is 29.5 Å². The molecule has 0 aliphatic carbocycles. The lowest BCUT2D eigenvalue weighted by Gasteiger charge is -2.11. The van der Waals surface area contributed by atoms with Crippen molar-refractivity contribution in [2.45, 2.75) is 39.7 Å². The topological polar surface area (TPSA) is 77.1 Å².